The lowest BCUT2D eigenvalue weighted by molar-refractivity contribution is 0.0924. The normalized spacial score (nSPS) is 13.9. The van der Waals surface area contributed by atoms with Crippen LogP contribution in [0.3, 0.4) is 0 Å². The van der Waals surface area contributed by atoms with E-state index in [4.69, 9.17) is 23.2 Å². The van der Waals surface area contributed by atoms with E-state index in [2.05, 4.69) is 10.1 Å². The van der Waals surface area contributed by atoms with E-state index >= 15 is 0 Å². The number of benzene rings is 1. The Morgan fingerprint density at radius 3 is 2.65 bits per heavy atom. The molecule has 1 aliphatic heterocycles. The van der Waals surface area contributed by atoms with Crippen molar-refractivity contribution in [1.82, 2.24) is 14.6 Å². The monoisotopic (exact) mass is 366 g/mol. The number of aromatic nitrogens is 3. The molecule has 0 aliphatic carbocycles. The maximum Gasteiger partial charge on any atom is 0.292 e. The van der Waals surface area contributed by atoms with Crippen molar-refractivity contribution in [3.8, 4) is 0 Å². The molecule has 2 amide bonds. The summed E-state index contributed by atoms with van der Waals surface area (Å²) in [6, 6.07) is 4.49. The number of carbonyl (C=O) groups excluding carboxylic acids is 2. The van der Waals surface area contributed by atoms with Crippen molar-refractivity contribution in [1.29, 1.82) is 0 Å². The highest BCUT2D eigenvalue weighted by atomic mass is 35.5. The first-order valence-electron chi connectivity index (χ1n) is 6.20. The lowest BCUT2D eigenvalue weighted by Gasteiger charge is -2.15. The first-order chi connectivity index (χ1) is 11.0. The van der Waals surface area contributed by atoms with Crippen LogP contribution in [0, 0.1) is 0 Å². The van der Waals surface area contributed by atoms with Gasteiger partial charge in [-0.15, -0.1) is 0 Å². The maximum absolute atomic E-state index is 12.7. The molecule has 1 aliphatic rings. The molecule has 3 heterocycles. The zero-order chi connectivity index (χ0) is 16.3. The fraction of sp³-hybridized carbons (Fsp3) is 0. The molecule has 4 rings (SSSR count). The van der Waals surface area contributed by atoms with E-state index in [1.165, 1.54) is 16.6 Å². The number of fused-ring (bicyclic) bond motifs is 3. The van der Waals surface area contributed by atoms with Crippen molar-refractivity contribution in [3.63, 3.8) is 0 Å². The van der Waals surface area contributed by atoms with Crippen LogP contribution >= 0.6 is 34.5 Å². The average molecular weight is 367 g/mol. The van der Waals surface area contributed by atoms with Crippen LogP contribution in [0.2, 0.25) is 10.0 Å². The van der Waals surface area contributed by atoms with Gasteiger partial charge in [-0.05, 0) is 18.2 Å². The van der Waals surface area contributed by atoms with E-state index in [1.54, 1.807) is 6.07 Å². The summed E-state index contributed by atoms with van der Waals surface area (Å²) in [4.78, 5) is 41.5. The molecule has 0 unspecified atom stereocenters. The molecule has 10 heteroatoms. The largest absolute Gasteiger partial charge is 0.292 e. The van der Waals surface area contributed by atoms with E-state index in [9.17, 15) is 14.4 Å². The van der Waals surface area contributed by atoms with Crippen molar-refractivity contribution in [2.75, 3.05) is 4.90 Å². The van der Waals surface area contributed by atoms with Crippen LogP contribution in [0.1, 0.15) is 20.2 Å². The van der Waals surface area contributed by atoms with Gasteiger partial charge in [-0.25, -0.2) is 4.90 Å². The third-order valence-electron chi connectivity index (χ3n) is 3.24. The molecule has 3 aromatic rings. The van der Waals surface area contributed by atoms with Gasteiger partial charge in [0.15, 0.2) is 5.69 Å². The fourth-order valence-corrected chi connectivity index (χ4v) is 3.65. The minimum Gasteiger partial charge on any atom is -0.267 e. The van der Waals surface area contributed by atoms with E-state index in [-0.39, 0.29) is 26.2 Å². The Bertz CT molecular complexity index is 1070. The van der Waals surface area contributed by atoms with Crippen LogP contribution in [0.4, 0.5) is 5.69 Å². The Morgan fingerprint density at radius 2 is 1.87 bits per heavy atom. The minimum atomic E-state index is -0.599. The Morgan fingerprint density at radius 1 is 1.09 bits per heavy atom. The minimum absolute atomic E-state index is 0.0542. The highest BCUT2D eigenvalue weighted by Crippen LogP contribution is 2.37. The van der Waals surface area contributed by atoms with Crippen LogP contribution < -0.4 is 10.5 Å². The van der Waals surface area contributed by atoms with Gasteiger partial charge in [-0.2, -0.15) is 14.6 Å². The second kappa shape index (κ2) is 4.85. The fourth-order valence-electron chi connectivity index (χ4n) is 2.29. The maximum atomic E-state index is 12.7. The molecule has 0 saturated carbocycles. The zero-order valence-electron chi connectivity index (χ0n) is 11.0. The number of rotatable bonds is 1. The summed E-state index contributed by atoms with van der Waals surface area (Å²) in [5.41, 5.74) is -0.294. The van der Waals surface area contributed by atoms with Gasteiger partial charge in [0.2, 0.25) is 4.96 Å². The number of hydrogen-bond acceptors (Lipinski definition) is 6. The summed E-state index contributed by atoms with van der Waals surface area (Å²) in [5.74, 6) is -1.16. The third-order valence-corrected chi connectivity index (χ3v) is 4.82. The van der Waals surface area contributed by atoms with Crippen LogP contribution in [-0.4, -0.2) is 26.4 Å². The Labute approximate surface area is 141 Å². The predicted molar refractivity (Wildman–Crippen MR) is 84.7 cm³/mol. The molecule has 2 aromatic heterocycles. The van der Waals surface area contributed by atoms with Crippen molar-refractivity contribution >= 4 is 57.0 Å². The van der Waals surface area contributed by atoms with Gasteiger partial charge in [-0.1, -0.05) is 34.5 Å². The number of halogens is 2. The summed E-state index contributed by atoms with van der Waals surface area (Å²) in [6.07, 6.45) is 0.979. The smallest absolute Gasteiger partial charge is 0.267 e. The lowest BCUT2D eigenvalue weighted by Crippen LogP contribution is -2.30. The van der Waals surface area contributed by atoms with Gasteiger partial charge >= 0.3 is 0 Å². The zero-order valence-corrected chi connectivity index (χ0v) is 13.3. The van der Waals surface area contributed by atoms with Gasteiger partial charge < -0.3 is 0 Å². The second-order valence-corrected chi connectivity index (χ2v) is 6.43. The summed E-state index contributed by atoms with van der Waals surface area (Å²) >= 11 is 12.9. The molecular weight excluding hydrogens is 363 g/mol. The standard InChI is InChI=1S/C13H4Cl2N4O3S/c14-5-1-2-6(15)7(3-5)18-11(21)9-10(12(18)22)23-13-17-8(20)4-16-19(9)13/h1-4H. The Kier molecular flexibility index (Phi) is 3.02. The highest BCUT2D eigenvalue weighted by Gasteiger charge is 2.42. The number of nitrogens with zero attached hydrogens (tertiary/aromatic N) is 4. The quantitative estimate of drug-likeness (QED) is 0.616. The topological polar surface area (TPSA) is 84.6 Å². The Hall–Kier alpha value is -2.29. The van der Waals surface area contributed by atoms with Crippen molar-refractivity contribution in [2.24, 2.45) is 0 Å². The van der Waals surface area contributed by atoms with Gasteiger partial charge in [0.25, 0.3) is 17.4 Å². The molecular formula is C13H4Cl2N4O3S. The lowest BCUT2D eigenvalue weighted by atomic mass is 10.3. The van der Waals surface area contributed by atoms with E-state index in [1.807, 2.05) is 0 Å². The van der Waals surface area contributed by atoms with E-state index in [0.717, 1.165) is 22.4 Å². The predicted octanol–water partition coefficient (Wildman–Crippen LogP) is 2.26. The average Bonchev–Trinajstić information content (AvgIpc) is 2.98. The third kappa shape index (κ3) is 1.99. The number of carbonyl (C=O) groups is 2. The molecule has 0 fully saturated rings. The van der Waals surface area contributed by atoms with E-state index < -0.39 is 17.4 Å². The number of anilines is 1. The highest BCUT2D eigenvalue weighted by molar-refractivity contribution is 7.19. The van der Waals surface area contributed by atoms with Gasteiger partial charge in [-0.3, -0.25) is 14.4 Å². The molecule has 114 valence electrons. The number of hydrogen-bond donors (Lipinski definition) is 0. The van der Waals surface area contributed by atoms with Crippen LogP contribution in [-0.2, 0) is 0 Å². The molecule has 0 N–H and O–H groups in total. The number of imide groups is 1. The second-order valence-electron chi connectivity index (χ2n) is 4.61. The Balaban J connectivity index is 1.94. The molecule has 0 spiro atoms. The van der Waals surface area contributed by atoms with Crippen molar-refractivity contribution in [3.05, 3.63) is 55.4 Å². The van der Waals surface area contributed by atoms with Gasteiger partial charge in [0.1, 0.15) is 11.1 Å². The molecule has 0 atom stereocenters. The van der Waals surface area contributed by atoms with Crippen LogP contribution in [0.5, 0.6) is 0 Å². The van der Waals surface area contributed by atoms with Crippen molar-refractivity contribution in [2.45, 2.75) is 0 Å². The number of amides is 2. The molecule has 23 heavy (non-hydrogen) atoms. The molecule has 0 bridgehead atoms. The van der Waals surface area contributed by atoms with Crippen LogP contribution in [0.15, 0.2) is 29.2 Å². The van der Waals surface area contributed by atoms with Crippen molar-refractivity contribution < 1.29 is 9.59 Å². The van der Waals surface area contributed by atoms with Gasteiger partial charge in [0.05, 0.1) is 10.7 Å². The van der Waals surface area contributed by atoms with Crippen LogP contribution in [0.25, 0.3) is 4.96 Å². The molecule has 1 aromatic carbocycles. The first-order valence-corrected chi connectivity index (χ1v) is 7.77. The summed E-state index contributed by atoms with van der Waals surface area (Å²) in [5, 5.41) is 4.42. The SMILES string of the molecule is O=C1c2sc3nc(=O)cnn3c2C(=O)N1c1cc(Cl)ccc1Cl. The van der Waals surface area contributed by atoms with E-state index in [0.29, 0.717) is 5.02 Å². The molecule has 0 saturated heterocycles. The summed E-state index contributed by atoms with van der Waals surface area (Å²) < 4.78 is 1.18. The summed E-state index contributed by atoms with van der Waals surface area (Å²) in [7, 11) is 0. The summed E-state index contributed by atoms with van der Waals surface area (Å²) in [6.45, 7) is 0. The first kappa shape index (κ1) is 14.3. The molecule has 0 radical (unpaired) electrons. The number of thiazole rings is 1. The molecule has 7 nitrogen and oxygen atoms in total. The van der Waals surface area contributed by atoms with Gasteiger partial charge in [0, 0.05) is 5.02 Å².